The Labute approximate surface area is 90.4 Å². The molecule has 0 bridgehead atoms. The average molecular weight is 206 g/mol. The summed E-state index contributed by atoms with van der Waals surface area (Å²) in [6.45, 7) is 4.02. The first kappa shape index (κ1) is 11.6. The topological polar surface area (TPSA) is 38.3 Å². The van der Waals surface area contributed by atoms with Gasteiger partial charge in [-0.3, -0.25) is 4.79 Å². The lowest BCUT2D eigenvalue weighted by atomic mass is 10.1. The van der Waals surface area contributed by atoms with Gasteiger partial charge >= 0.3 is 0 Å². The highest BCUT2D eigenvalue weighted by Crippen LogP contribution is 2.23. The van der Waals surface area contributed by atoms with Gasteiger partial charge in [-0.05, 0) is 24.1 Å². The summed E-state index contributed by atoms with van der Waals surface area (Å²) in [7, 11) is 1.58. The second kappa shape index (κ2) is 5.39. The molecule has 0 spiro atoms. The van der Waals surface area contributed by atoms with Gasteiger partial charge in [0.1, 0.15) is 5.75 Å². The number of hydrogen-bond donors (Lipinski definition) is 1. The van der Waals surface area contributed by atoms with Gasteiger partial charge in [-0.25, -0.2) is 0 Å². The second-order valence-corrected chi connectivity index (χ2v) is 3.77. The van der Waals surface area contributed by atoms with Crippen LogP contribution in [0.4, 0.5) is 5.69 Å². The molecule has 1 aromatic carbocycles. The first-order valence-electron chi connectivity index (χ1n) is 4.97. The Bertz CT molecular complexity index is 334. The fourth-order valence-corrected chi connectivity index (χ4v) is 1.26. The second-order valence-electron chi connectivity index (χ2n) is 3.77. The molecule has 1 amide bonds. The Hall–Kier alpha value is -1.51. The van der Waals surface area contributed by atoms with Gasteiger partial charge in [0.15, 0.2) is 0 Å². The number of benzene rings is 1. The van der Waals surface area contributed by atoms with Gasteiger partial charge < -0.3 is 10.1 Å². The van der Waals surface area contributed by atoms with Gasteiger partial charge in [-0.15, -0.1) is 0 Å². The number of carbonyl (C=O) groups excluding carboxylic acids is 1. The molecule has 0 heterocycles. The van der Waals surface area contributed by atoms with Gasteiger partial charge in [0, 0.05) is 6.42 Å². The predicted molar refractivity (Wildman–Crippen MR) is 59.9 cm³/mol. The third-order valence-corrected chi connectivity index (χ3v) is 1.91. The number of amides is 1. The number of nitrogens with one attached hydrogen (secondary N) is 1. The number of anilines is 1. The molecule has 0 aliphatic heterocycles. The molecule has 0 aliphatic carbocycles. The normalized spacial score (nSPS) is 10.1. The minimum absolute atomic E-state index is 0.00269. The number of hydrogen-bond acceptors (Lipinski definition) is 2. The van der Waals surface area contributed by atoms with Crippen LogP contribution in [0.5, 0.6) is 5.75 Å². The fraction of sp³-hybridized carbons (Fsp3) is 0.417. The van der Waals surface area contributed by atoms with Gasteiger partial charge in [0.2, 0.25) is 5.91 Å². The molecule has 0 fully saturated rings. The molecule has 3 heteroatoms. The van der Waals surface area contributed by atoms with Crippen LogP contribution in [0.2, 0.25) is 0 Å². The van der Waals surface area contributed by atoms with Gasteiger partial charge in [-0.2, -0.15) is 0 Å². The highest BCUT2D eigenvalue weighted by Gasteiger charge is 2.08. The van der Waals surface area contributed by atoms with Crippen molar-refractivity contribution in [2.24, 2.45) is 5.92 Å². The highest BCUT2D eigenvalue weighted by atomic mass is 16.5. The number of rotatable bonds is 4. The summed E-state index contributed by atoms with van der Waals surface area (Å²) in [6, 6.07) is 8.12. The molecule has 0 aliphatic rings. The van der Waals surface area contributed by atoms with Crippen molar-refractivity contribution in [1.29, 1.82) is 0 Å². The summed E-state index contributed by atoms with van der Waals surface area (Å²) in [5.41, 5.74) is 0.672. The van der Waals surface area contributed by atoms with Gasteiger partial charge in [0.05, 0.1) is 12.8 Å². The lowest BCUT2D eigenvalue weighted by Crippen LogP contribution is -2.14. The van der Waals surface area contributed by atoms with Crippen LogP contribution in [-0.4, -0.2) is 13.0 Å². The molecule has 1 N–H and O–H groups in total. The van der Waals surface area contributed by atoms with E-state index in [1.54, 1.807) is 25.3 Å². The van der Waals surface area contributed by atoms with Crippen molar-refractivity contribution in [3.05, 3.63) is 24.3 Å². The summed E-state index contributed by atoms with van der Waals surface area (Å²) in [6.07, 6.45) is 0.512. The smallest absolute Gasteiger partial charge is 0.224 e. The lowest BCUT2D eigenvalue weighted by Gasteiger charge is -2.10. The van der Waals surface area contributed by atoms with E-state index in [2.05, 4.69) is 11.4 Å². The zero-order valence-corrected chi connectivity index (χ0v) is 9.33. The Balaban J connectivity index is 2.67. The Morgan fingerprint density at radius 3 is 2.93 bits per heavy atom. The first-order valence-corrected chi connectivity index (χ1v) is 4.97. The average Bonchev–Trinajstić information content (AvgIpc) is 2.17. The van der Waals surface area contributed by atoms with Crippen LogP contribution in [-0.2, 0) is 4.79 Å². The SMILES string of the molecule is COc1cc[c]cc1NC(=O)CC(C)C. The lowest BCUT2D eigenvalue weighted by molar-refractivity contribution is -0.116. The molecule has 0 unspecified atom stereocenters. The van der Waals surface area contributed by atoms with Crippen LogP contribution in [0.15, 0.2) is 18.2 Å². The standard InChI is InChI=1S/C12H16NO2/c1-9(2)8-12(14)13-10-6-4-5-7-11(10)15-3/h5-7,9H,8H2,1-3H3,(H,13,14). The van der Waals surface area contributed by atoms with E-state index in [-0.39, 0.29) is 5.91 Å². The maximum atomic E-state index is 11.5. The molecule has 0 atom stereocenters. The Kier molecular flexibility index (Phi) is 4.16. The van der Waals surface area contributed by atoms with E-state index in [4.69, 9.17) is 4.74 Å². The third kappa shape index (κ3) is 3.62. The molecular formula is C12H16NO2. The number of ether oxygens (including phenoxy) is 1. The van der Waals surface area contributed by atoms with E-state index in [1.165, 1.54) is 0 Å². The molecule has 15 heavy (non-hydrogen) atoms. The zero-order valence-electron chi connectivity index (χ0n) is 9.33. The minimum Gasteiger partial charge on any atom is -0.495 e. The molecule has 81 valence electrons. The van der Waals surface area contributed by atoms with E-state index < -0.39 is 0 Å². The van der Waals surface area contributed by atoms with Gasteiger partial charge in [-0.1, -0.05) is 19.9 Å². The van der Waals surface area contributed by atoms with Crippen molar-refractivity contribution in [3.8, 4) is 5.75 Å². The molecule has 0 saturated carbocycles. The van der Waals surface area contributed by atoms with E-state index in [9.17, 15) is 4.79 Å². The maximum absolute atomic E-state index is 11.5. The summed E-state index contributed by atoms with van der Waals surface area (Å²) in [5, 5.41) is 2.80. The van der Waals surface area contributed by atoms with Crippen molar-refractivity contribution in [2.75, 3.05) is 12.4 Å². The minimum atomic E-state index is 0.00269. The van der Waals surface area contributed by atoms with Crippen molar-refractivity contribution < 1.29 is 9.53 Å². The molecule has 3 nitrogen and oxygen atoms in total. The van der Waals surface area contributed by atoms with Crippen LogP contribution >= 0.6 is 0 Å². The van der Waals surface area contributed by atoms with E-state index >= 15 is 0 Å². The predicted octanol–water partition coefficient (Wildman–Crippen LogP) is 2.48. The summed E-state index contributed by atoms with van der Waals surface area (Å²) in [5.74, 6) is 1.01. The Morgan fingerprint density at radius 2 is 2.33 bits per heavy atom. The highest BCUT2D eigenvalue weighted by molar-refractivity contribution is 5.92. The molecule has 1 aromatic rings. The molecular weight excluding hydrogens is 190 g/mol. The Morgan fingerprint density at radius 1 is 1.60 bits per heavy atom. The first-order chi connectivity index (χ1) is 7.13. The van der Waals surface area contributed by atoms with Crippen LogP contribution in [0, 0.1) is 12.0 Å². The number of carbonyl (C=O) groups is 1. The van der Waals surface area contributed by atoms with E-state index in [0.29, 0.717) is 23.8 Å². The van der Waals surface area contributed by atoms with Crippen LogP contribution < -0.4 is 10.1 Å². The number of methoxy groups -OCH3 is 1. The largest absolute Gasteiger partial charge is 0.495 e. The van der Waals surface area contributed by atoms with Crippen molar-refractivity contribution in [2.45, 2.75) is 20.3 Å². The fourth-order valence-electron chi connectivity index (χ4n) is 1.26. The van der Waals surface area contributed by atoms with Crippen molar-refractivity contribution >= 4 is 11.6 Å². The summed E-state index contributed by atoms with van der Waals surface area (Å²) in [4.78, 5) is 11.5. The molecule has 1 rings (SSSR count). The van der Waals surface area contributed by atoms with Gasteiger partial charge in [0.25, 0.3) is 0 Å². The van der Waals surface area contributed by atoms with Crippen LogP contribution in [0.1, 0.15) is 20.3 Å². The van der Waals surface area contributed by atoms with Crippen LogP contribution in [0.3, 0.4) is 0 Å². The molecule has 0 saturated heterocycles. The van der Waals surface area contributed by atoms with Crippen molar-refractivity contribution in [1.82, 2.24) is 0 Å². The zero-order chi connectivity index (χ0) is 11.3. The van der Waals surface area contributed by atoms with Crippen LogP contribution in [0.25, 0.3) is 0 Å². The maximum Gasteiger partial charge on any atom is 0.224 e. The van der Waals surface area contributed by atoms with E-state index in [1.807, 2.05) is 13.8 Å². The monoisotopic (exact) mass is 206 g/mol. The molecule has 1 radical (unpaired) electrons. The van der Waals surface area contributed by atoms with E-state index in [0.717, 1.165) is 0 Å². The van der Waals surface area contributed by atoms with Crippen molar-refractivity contribution in [3.63, 3.8) is 0 Å². The molecule has 0 aromatic heterocycles. The quantitative estimate of drug-likeness (QED) is 0.821. The summed E-state index contributed by atoms with van der Waals surface area (Å²) >= 11 is 0. The summed E-state index contributed by atoms with van der Waals surface area (Å²) < 4.78 is 5.12. The third-order valence-electron chi connectivity index (χ3n) is 1.91.